The molecular weight excluding hydrogens is 272 g/mol. The Kier molecular flexibility index (Phi) is 3.87. The second-order valence-electron chi connectivity index (χ2n) is 5.77. The van der Waals surface area contributed by atoms with Gasteiger partial charge in [-0.3, -0.25) is 9.47 Å². The van der Waals surface area contributed by atoms with Gasteiger partial charge in [-0.1, -0.05) is 0 Å². The highest BCUT2D eigenvalue weighted by molar-refractivity contribution is 5.56. The Morgan fingerprint density at radius 2 is 1.90 bits per heavy atom. The maximum absolute atomic E-state index is 11.1. The molecule has 0 saturated carbocycles. The Morgan fingerprint density at radius 3 is 2.38 bits per heavy atom. The minimum atomic E-state index is -0.513. The molecule has 8 nitrogen and oxygen atoms in total. The van der Waals surface area contributed by atoms with Gasteiger partial charge in [-0.15, -0.1) is 0 Å². The van der Waals surface area contributed by atoms with Crippen molar-refractivity contribution in [1.82, 2.24) is 14.5 Å². The molecule has 2 rings (SSSR count). The van der Waals surface area contributed by atoms with Gasteiger partial charge in [0.15, 0.2) is 0 Å². The van der Waals surface area contributed by atoms with Crippen molar-refractivity contribution >= 4 is 11.6 Å². The fourth-order valence-electron chi connectivity index (χ4n) is 2.61. The van der Waals surface area contributed by atoms with Crippen LogP contribution in [0.15, 0.2) is 0 Å². The number of nitriles is 1. The van der Waals surface area contributed by atoms with Crippen LogP contribution in [0.5, 0.6) is 0 Å². The predicted molar refractivity (Wildman–Crippen MR) is 78.1 cm³/mol. The van der Waals surface area contributed by atoms with Crippen LogP contribution in [0.3, 0.4) is 0 Å². The molecule has 0 spiro atoms. The standard InChI is InChI=1S/C13H20N6O2/c1-10-15-11(19(20)21)12(16(10)4)17-5-7-18(8-6-17)13(2,3)9-14/h5-8H2,1-4H3. The van der Waals surface area contributed by atoms with Crippen LogP contribution in [0.25, 0.3) is 0 Å². The van der Waals surface area contributed by atoms with Gasteiger partial charge in [-0.05, 0) is 23.8 Å². The molecule has 2 heterocycles. The van der Waals surface area contributed by atoms with Crippen LogP contribution in [-0.4, -0.2) is 51.1 Å². The molecule has 1 aliphatic rings. The quantitative estimate of drug-likeness (QED) is 0.611. The van der Waals surface area contributed by atoms with Gasteiger partial charge in [-0.2, -0.15) is 5.26 Å². The van der Waals surface area contributed by atoms with Crippen molar-refractivity contribution in [3.63, 3.8) is 0 Å². The number of imidazole rings is 1. The number of hydrogen-bond donors (Lipinski definition) is 0. The van der Waals surface area contributed by atoms with E-state index in [4.69, 9.17) is 0 Å². The van der Waals surface area contributed by atoms with Crippen molar-refractivity contribution in [2.24, 2.45) is 7.05 Å². The number of anilines is 1. The highest BCUT2D eigenvalue weighted by Gasteiger charge is 2.34. The lowest BCUT2D eigenvalue weighted by molar-refractivity contribution is -0.388. The van der Waals surface area contributed by atoms with Gasteiger partial charge in [0.1, 0.15) is 5.54 Å². The van der Waals surface area contributed by atoms with E-state index >= 15 is 0 Å². The first kappa shape index (κ1) is 15.3. The fourth-order valence-corrected chi connectivity index (χ4v) is 2.61. The molecule has 0 amide bonds. The Bertz CT molecular complexity index is 593. The van der Waals surface area contributed by atoms with Crippen molar-refractivity contribution in [3.8, 4) is 6.07 Å². The number of piperazine rings is 1. The molecule has 0 unspecified atom stereocenters. The summed E-state index contributed by atoms with van der Waals surface area (Å²) < 4.78 is 1.75. The van der Waals surface area contributed by atoms with Gasteiger partial charge < -0.3 is 15.0 Å². The molecule has 8 heteroatoms. The summed E-state index contributed by atoms with van der Waals surface area (Å²) >= 11 is 0. The molecule has 114 valence electrons. The molecule has 1 aliphatic heterocycles. The summed E-state index contributed by atoms with van der Waals surface area (Å²) in [5.74, 6) is 1.08. The number of aryl methyl sites for hydroxylation is 1. The van der Waals surface area contributed by atoms with Gasteiger partial charge in [0.05, 0.1) is 6.07 Å². The first-order chi connectivity index (χ1) is 9.77. The third-order valence-corrected chi connectivity index (χ3v) is 4.09. The molecule has 0 aromatic carbocycles. The van der Waals surface area contributed by atoms with E-state index in [1.54, 1.807) is 18.5 Å². The summed E-state index contributed by atoms with van der Waals surface area (Å²) in [7, 11) is 1.79. The molecule has 0 radical (unpaired) electrons. The van der Waals surface area contributed by atoms with Gasteiger partial charge in [-0.25, -0.2) is 0 Å². The topological polar surface area (TPSA) is 91.2 Å². The zero-order valence-corrected chi connectivity index (χ0v) is 12.8. The van der Waals surface area contributed by atoms with Crippen molar-refractivity contribution in [2.45, 2.75) is 26.3 Å². The van der Waals surface area contributed by atoms with E-state index in [1.165, 1.54) is 0 Å². The summed E-state index contributed by atoms with van der Waals surface area (Å²) in [6, 6.07) is 2.29. The number of hydrogen-bond acceptors (Lipinski definition) is 6. The van der Waals surface area contributed by atoms with Crippen LogP contribution in [0.1, 0.15) is 19.7 Å². The number of nitrogens with zero attached hydrogens (tertiary/aromatic N) is 6. The Morgan fingerprint density at radius 1 is 1.33 bits per heavy atom. The Balaban J connectivity index is 2.21. The Labute approximate surface area is 123 Å². The zero-order valence-electron chi connectivity index (χ0n) is 12.8. The molecule has 1 aromatic heterocycles. The highest BCUT2D eigenvalue weighted by Crippen LogP contribution is 2.29. The third-order valence-electron chi connectivity index (χ3n) is 4.09. The van der Waals surface area contributed by atoms with Gasteiger partial charge in [0, 0.05) is 40.2 Å². The molecule has 0 aliphatic carbocycles. The average molecular weight is 292 g/mol. The van der Waals surface area contributed by atoms with E-state index in [2.05, 4.69) is 16.0 Å². The van der Waals surface area contributed by atoms with Gasteiger partial charge in [0.2, 0.25) is 11.6 Å². The molecule has 0 bridgehead atoms. The van der Waals surface area contributed by atoms with Crippen LogP contribution in [0.4, 0.5) is 11.6 Å². The molecule has 21 heavy (non-hydrogen) atoms. The Hall–Kier alpha value is -2.14. The maximum Gasteiger partial charge on any atom is 0.406 e. The molecule has 1 aromatic rings. The summed E-state index contributed by atoms with van der Waals surface area (Å²) in [4.78, 5) is 18.8. The fraction of sp³-hybridized carbons (Fsp3) is 0.692. The van der Waals surface area contributed by atoms with Crippen LogP contribution in [0, 0.1) is 28.4 Å². The van der Waals surface area contributed by atoms with E-state index in [1.807, 2.05) is 18.7 Å². The molecule has 1 fully saturated rings. The molecule has 1 saturated heterocycles. The zero-order chi connectivity index (χ0) is 15.8. The van der Waals surface area contributed by atoms with Gasteiger partial charge in [0.25, 0.3) is 0 Å². The molecular formula is C13H20N6O2. The summed E-state index contributed by atoms with van der Waals surface area (Å²) in [5.41, 5.74) is -0.513. The lowest BCUT2D eigenvalue weighted by Crippen LogP contribution is -2.54. The van der Waals surface area contributed by atoms with Crippen molar-refractivity contribution in [1.29, 1.82) is 5.26 Å². The van der Waals surface area contributed by atoms with E-state index in [0.29, 0.717) is 37.8 Å². The lowest BCUT2D eigenvalue weighted by Gasteiger charge is -2.40. The average Bonchev–Trinajstić information content (AvgIpc) is 2.75. The first-order valence-electron chi connectivity index (χ1n) is 6.87. The van der Waals surface area contributed by atoms with Crippen LogP contribution in [-0.2, 0) is 7.05 Å². The maximum atomic E-state index is 11.1. The minimum Gasteiger partial charge on any atom is -0.358 e. The summed E-state index contributed by atoms with van der Waals surface area (Å²) in [6.45, 7) is 8.21. The smallest absolute Gasteiger partial charge is 0.358 e. The first-order valence-corrected chi connectivity index (χ1v) is 6.87. The third kappa shape index (κ3) is 2.69. The second kappa shape index (κ2) is 5.33. The summed E-state index contributed by atoms with van der Waals surface area (Å²) in [5, 5.41) is 20.3. The SMILES string of the molecule is Cc1nc([N+](=O)[O-])c(N2CCN(C(C)(C)C#N)CC2)n1C. The lowest BCUT2D eigenvalue weighted by atomic mass is 10.0. The van der Waals surface area contributed by atoms with Crippen LogP contribution < -0.4 is 4.90 Å². The second-order valence-corrected chi connectivity index (χ2v) is 5.77. The van der Waals surface area contributed by atoms with E-state index in [-0.39, 0.29) is 5.82 Å². The summed E-state index contributed by atoms with van der Waals surface area (Å²) in [6.07, 6.45) is 0. The van der Waals surface area contributed by atoms with Crippen LogP contribution >= 0.6 is 0 Å². The number of nitro groups is 1. The minimum absolute atomic E-state index is 0.0945. The number of rotatable bonds is 3. The predicted octanol–water partition coefficient (Wildman–Crippen LogP) is 1.06. The van der Waals surface area contributed by atoms with Crippen LogP contribution in [0.2, 0.25) is 0 Å². The highest BCUT2D eigenvalue weighted by atomic mass is 16.6. The van der Waals surface area contributed by atoms with E-state index in [0.717, 1.165) is 0 Å². The van der Waals surface area contributed by atoms with Crippen molar-refractivity contribution in [3.05, 3.63) is 15.9 Å². The molecule has 0 atom stereocenters. The van der Waals surface area contributed by atoms with E-state index in [9.17, 15) is 15.4 Å². The van der Waals surface area contributed by atoms with Crippen molar-refractivity contribution in [2.75, 3.05) is 31.1 Å². The van der Waals surface area contributed by atoms with Crippen molar-refractivity contribution < 1.29 is 4.92 Å². The number of aromatic nitrogens is 2. The monoisotopic (exact) mass is 292 g/mol. The normalized spacial score (nSPS) is 16.8. The molecule has 0 N–H and O–H groups in total. The van der Waals surface area contributed by atoms with E-state index < -0.39 is 10.5 Å². The van der Waals surface area contributed by atoms with Gasteiger partial charge >= 0.3 is 5.82 Å². The largest absolute Gasteiger partial charge is 0.406 e.